The maximum atomic E-state index is 13.3. The molecule has 2 aromatic carbocycles. The molecule has 6 rings (SSSR count). The number of esters is 4. The third-order valence-corrected chi connectivity index (χ3v) is 25.0. The molecule has 14 heteroatoms. The van der Waals surface area contributed by atoms with Crippen molar-refractivity contribution in [2.24, 2.45) is 35.5 Å². The first-order chi connectivity index (χ1) is 46.2. The van der Waals surface area contributed by atoms with Gasteiger partial charge in [-0.05, 0) is 214 Å². The molecule has 0 bridgehead atoms. The van der Waals surface area contributed by atoms with Gasteiger partial charge in [0.1, 0.15) is 47.4 Å². The lowest BCUT2D eigenvalue weighted by Crippen LogP contribution is -2.44. The van der Waals surface area contributed by atoms with Gasteiger partial charge in [0, 0.05) is 52.9 Å². The van der Waals surface area contributed by atoms with Crippen LogP contribution in [0.15, 0.2) is 0 Å². The summed E-state index contributed by atoms with van der Waals surface area (Å²) in [6.07, 6.45) is 33.0. The Kier molecular flexibility index (Phi) is 35.9. The summed E-state index contributed by atoms with van der Waals surface area (Å²) in [5.41, 5.74) is 7.64. The highest BCUT2D eigenvalue weighted by atomic mass is 32.2. The van der Waals surface area contributed by atoms with Crippen LogP contribution >= 0.6 is 23.5 Å². The van der Waals surface area contributed by atoms with Gasteiger partial charge in [0.15, 0.2) is 0 Å². The van der Waals surface area contributed by atoms with E-state index in [0.29, 0.717) is 24.7 Å². The monoisotopic (exact) mass is 1390 g/mol. The van der Waals surface area contributed by atoms with Crippen molar-refractivity contribution in [3.8, 4) is 23.0 Å². The summed E-state index contributed by atoms with van der Waals surface area (Å²) in [6, 6.07) is 0.360. The highest BCUT2D eigenvalue weighted by Crippen LogP contribution is 2.47. The van der Waals surface area contributed by atoms with Crippen LogP contribution in [0.1, 0.15) is 306 Å². The summed E-state index contributed by atoms with van der Waals surface area (Å²) >= 11 is 3.90. The van der Waals surface area contributed by atoms with Gasteiger partial charge < -0.3 is 28.4 Å². The van der Waals surface area contributed by atoms with Gasteiger partial charge in [-0.3, -0.25) is 29.0 Å². The molecule has 0 saturated carbocycles. The Morgan fingerprint density at radius 1 is 0.454 bits per heavy atom. The molecule has 0 aromatic heterocycles. The molecule has 8 atom stereocenters. The van der Waals surface area contributed by atoms with E-state index < -0.39 is 11.9 Å². The molecular weight excluding hydrogens is 1250 g/mol. The zero-order valence-corrected chi connectivity index (χ0v) is 66.0. The molecule has 0 aliphatic carbocycles. The normalized spacial score (nSPS) is 21.1. The largest absolute Gasteiger partial charge is 0.487 e. The zero-order chi connectivity index (χ0) is 70.7. The lowest BCUT2D eigenvalue weighted by molar-refractivity contribution is -0.149. The second kappa shape index (κ2) is 42.2. The smallest absolute Gasteiger partial charge is 0.311 e. The van der Waals surface area contributed by atoms with Gasteiger partial charge in [0.05, 0.1) is 25.7 Å². The van der Waals surface area contributed by atoms with E-state index in [-0.39, 0.29) is 60.9 Å². The topological polar surface area (TPSA) is 130 Å². The number of fused-ring (bicyclic) bond motifs is 2. The van der Waals surface area contributed by atoms with Crippen molar-refractivity contribution in [1.82, 2.24) is 9.80 Å². The molecular formula is C83H138N2O10S2. The molecule has 2 fully saturated rings. The molecule has 12 nitrogen and oxygen atoms in total. The molecule has 4 aliphatic heterocycles. The third-order valence-electron chi connectivity index (χ3n) is 22.8. The van der Waals surface area contributed by atoms with Crippen LogP contribution < -0.4 is 18.9 Å². The lowest BCUT2D eigenvalue weighted by atomic mass is 9.83. The molecule has 0 amide bonds. The molecule has 0 N–H and O–H groups in total. The summed E-state index contributed by atoms with van der Waals surface area (Å²) in [7, 11) is 0. The van der Waals surface area contributed by atoms with Crippen molar-refractivity contribution < 1.29 is 47.6 Å². The first-order valence-electron chi connectivity index (χ1n) is 39.2. The Bertz CT molecular complexity index is 2570. The average molecular weight is 1390 g/mol. The predicted octanol–water partition coefficient (Wildman–Crippen LogP) is 20.9. The van der Waals surface area contributed by atoms with Gasteiger partial charge in [-0.1, -0.05) is 158 Å². The molecule has 4 aliphatic rings. The van der Waals surface area contributed by atoms with E-state index in [4.69, 9.17) is 28.4 Å². The van der Waals surface area contributed by atoms with Gasteiger partial charge in [-0.25, -0.2) is 0 Å². The van der Waals surface area contributed by atoms with Crippen molar-refractivity contribution in [3.63, 3.8) is 0 Å². The number of nitrogens with zero attached hydrogens (tertiary/aromatic N) is 2. The highest BCUT2D eigenvalue weighted by molar-refractivity contribution is 8.16. The number of piperidine rings is 2. The van der Waals surface area contributed by atoms with Gasteiger partial charge in [-0.15, -0.1) is 23.5 Å². The number of thioether (sulfide) groups is 2. The average Bonchev–Trinajstić information content (AvgIpc) is 0.768. The molecule has 2 saturated heterocycles. The minimum absolute atomic E-state index is 0.00844. The van der Waals surface area contributed by atoms with Crippen molar-refractivity contribution in [1.29, 1.82) is 0 Å². The molecule has 8 unspecified atom stereocenters. The molecule has 4 heterocycles. The van der Waals surface area contributed by atoms with Crippen LogP contribution in [-0.2, 0) is 41.5 Å². The van der Waals surface area contributed by atoms with E-state index in [9.17, 15) is 19.2 Å². The minimum atomic E-state index is -0.415. The zero-order valence-electron chi connectivity index (χ0n) is 64.4. The number of likely N-dealkylation sites (tertiary alicyclic amines) is 2. The number of hydrogen-bond donors (Lipinski definition) is 0. The number of rotatable bonds is 44. The number of benzene rings is 2. The van der Waals surface area contributed by atoms with Gasteiger partial charge in [-0.2, -0.15) is 0 Å². The summed E-state index contributed by atoms with van der Waals surface area (Å²) in [6.45, 7) is 40.4. The summed E-state index contributed by atoms with van der Waals surface area (Å²) in [5, 5.41) is 0.998. The van der Waals surface area contributed by atoms with E-state index >= 15 is 0 Å². The van der Waals surface area contributed by atoms with E-state index in [1.165, 1.54) is 89.9 Å². The fourth-order valence-corrected chi connectivity index (χ4v) is 17.9. The van der Waals surface area contributed by atoms with E-state index in [0.717, 1.165) is 224 Å². The lowest BCUT2D eigenvalue weighted by Gasteiger charge is -2.38. The number of ether oxygens (including phenoxy) is 6. The van der Waals surface area contributed by atoms with E-state index in [1.807, 2.05) is 51.2 Å². The van der Waals surface area contributed by atoms with Gasteiger partial charge in [0.25, 0.3) is 0 Å². The molecule has 552 valence electrons. The molecule has 0 spiro atoms. The number of carbonyl (C=O) groups is 4. The van der Waals surface area contributed by atoms with Gasteiger partial charge >= 0.3 is 23.9 Å². The van der Waals surface area contributed by atoms with Crippen LogP contribution in [-0.4, -0.2) is 113 Å². The van der Waals surface area contributed by atoms with Gasteiger partial charge in [0.2, 0.25) is 0 Å². The predicted molar refractivity (Wildman–Crippen MR) is 405 cm³/mol. The van der Waals surface area contributed by atoms with Crippen molar-refractivity contribution in [3.05, 3.63) is 44.5 Å². The Labute approximate surface area is 599 Å². The fraction of sp³-hybridized carbons (Fsp3) is 0.807. The quantitative estimate of drug-likeness (QED) is 0.0270. The second-order valence-electron chi connectivity index (χ2n) is 32.5. The minimum Gasteiger partial charge on any atom is -0.487 e. The number of hydrogen-bond acceptors (Lipinski definition) is 14. The van der Waals surface area contributed by atoms with Crippen molar-refractivity contribution in [2.45, 2.75) is 340 Å². The molecule has 97 heavy (non-hydrogen) atoms. The second-order valence-corrected chi connectivity index (χ2v) is 35.0. The van der Waals surface area contributed by atoms with Crippen LogP contribution in [0.4, 0.5) is 0 Å². The third kappa shape index (κ3) is 28.0. The van der Waals surface area contributed by atoms with Crippen molar-refractivity contribution in [2.75, 3.05) is 56.0 Å². The Hall–Kier alpha value is -3.46. The van der Waals surface area contributed by atoms with Crippen LogP contribution in [0, 0.1) is 77.0 Å². The molecule has 0 radical (unpaired) electrons. The Morgan fingerprint density at radius 2 is 0.794 bits per heavy atom. The van der Waals surface area contributed by atoms with E-state index in [1.54, 1.807) is 0 Å². The van der Waals surface area contributed by atoms with Crippen LogP contribution in [0.3, 0.4) is 0 Å². The first kappa shape index (κ1) is 82.5. The number of carbonyl (C=O) groups excluding carboxylic acids is 4. The molecule has 2 aromatic rings. The fourth-order valence-electron chi connectivity index (χ4n) is 15.7. The maximum Gasteiger partial charge on any atom is 0.311 e. The van der Waals surface area contributed by atoms with Crippen molar-refractivity contribution >= 4 is 47.4 Å². The summed E-state index contributed by atoms with van der Waals surface area (Å²) < 4.78 is 37.5. The summed E-state index contributed by atoms with van der Waals surface area (Å²) in [5.74, 6) is 8.30. The Balaban J connectivity index is 0.816. The first-order valence-corrected chi connectivity index (χ1v) is 41.6. The standard InChI is InChI=1S/C83H138N2O10S2/c1-58(2)27-21-29-60(5)31-23-33-62(7)35-25-45-82(15)47-43-72-68(13)78(64(9)66(11)80(72)94-82)92-76(88)41-39-74(86)90-55-70-37-17-19-49-84(70)51-53-96-57-97-54-52-85-50-20-18-38-71(85)56-91-75(87)40-42-77(89)93-79-65(10)67(12)81-73(69(79)14)44-48-83(16,95-81)46-26-36-63(8)34-24-32-61(6)30-22-28-59(3)4/h58-63,70-71H,17-57H2,1-16H3. The van der Waals surface area contributed by atoms with Crippen LogP contribution in [0.5, 0.6) is 23.0 Å². The summed E-state index contributed by atoms with van der Waals surface area (Å²) in [4.78, 5) is 57.8. The maximum absolute atomic E-state index is 13.3. The van der Waals surface area contributed by atoms with E-state index in [2.05, 4.69) is 92.9 Å². The SMILES string of the molecule is Cc1c(C)c2c(c(C)c1OC(=O)CCC(=O)OCC1CCCCN1CCSCSCCN1CCCCC1COC(=O)CCC(=O)Oc1c(C)c(C)c3c(c1C)CCC(C)(CCCC(C)CCCC(C)CCCC(C)C)O3)CCC(C)(CCCC(C)CCCC(C)CCCC(C)C)O2. The van der Waals surface area contributed by atoms with Crippen LogP contribution in [0.25, 0.3) is 0 Å². The highest BCUT2D eigenvalue weighted by Gasteiger charge is 2.37. The Morgan fingerprint density at radius 3 is 1.15 bits per heavy atom. The van der Waals surface area contributed by atoms with Crippen LogP contribution in [0.2, 0.25) is 0 Å².